The number of carbonyl (C=O) groups is 3. The molecular formula is C16H21N3O3. The lowest BCUT2D eigenvalue weighted by atomic mass is 10.1. The maximum Gasteiger partial charge on any atom is 0.325 e. The van der Waals surface area contributed by atoms with E-state index in [1.807, 2.05) is 24.3 Å². The van der Waals surface area contributed by atoms with Gasteiger partial charge in [0.2, 0.25) is 5.91 Å². The van der Waals surface area contributed by atoms with E-state index in [9.17, 15) is 14.4 Å². The van der Waals surface area contributed by atoms with Crippen molar-refractivity contribution in [2.24, 2.45) is 0 Å². The summed E-state index contributed by atoms with van der Waals surface area (Å²) in [6.45, 7) is 1.87. The Bertz CT molecular complexity index is 538. The van der Waals surface area contributed by atoms with Gasteiger partial charge in [0.15, 0.2) is 0 Å². The van der Waals surface area contributed by atoms with Crippen LogP contribution in [0.5, 0.6) is 0 Å². The molecule has 22 heavy (non-hydrogen) atoms. The predicted octanol–water partition coefficient (Wildman–Crippen LogP) is 1.91. The first-order chi connectivity index (χ1) is 10.6. The Kier molecular flexibility index (Phi) is 5.52. The van der Waals surface area contributed by atoms with Crippen LogP contribution in [0.2, 0.25) is 0 Å². The fraction of sp³-hybridized carbons (Fsp3) is 0.438. The molecule has 1 fully saturated rings. The summed E-state index contributed by atoms with van der Waals surface area (Å²) in [5.41, 5.74) is 1.90. The van der Waals surface area contributed by atoms with Crippen LogP contribution in [0.1, 0.15) is 31.7 Å². The van der Waals surface area contributed by atoms with Crippen molar-refractivity contribution in [2.45, 2.75) is 32.6 Å². The molecule has 6 nitrogen and oxygen atoms in total. The SMILES string of the molecule is CCCCCc1ccc(NC(=O)CN2C(=O)CNC2=O)cc1. The molecule has 4 amide bonds. The fourth-order valence-corrected chi connectivity index (χ4v) is 2.29. The van der Waals surface area contributed by atoms with E-state index in [-0.39, 0.29) is 24.9 Å². The average molecular weight is 303 g/mol. The summed E-state index contributed by atoms with van der Waals surface area (Å²) in [5, 5.41) is 5.07. The molecule has 0 aromatic heterocycles. The number of hydrogen-bond acceptors (Lipinski definition) is 3. The van der Waals surface area contributed by atoms with Crippen molar-refractivity contribution >= 4 is 23.5 Å². The molecule has 0 aliphatic carbocycles. The number of unbranched alkanes of at least 4 members (excludes halogenated alkanes) is 2. The lowest BCUT2D eigenvalue weighted by Crippen LogP contribution is -2.38. The Morgan fingerprint density at radius 3 is 2.55 bits per heavy atom. The van der Waals surface area contributed by atoms with E-state index in [1.54, 1.807) is 0 Å². The van der Waals surface area contributed by atoms with Crippen molar-refractivity contribution in [3.8, 4) is 0 Å². The molecular weight excluding hydrogens is 282 g/mol. The number of carbonyl (C=O) groups excluding carboxylic acids is 3. The number of anilines is 1. The third-order valence-corrected chi connectivity index (χ3v) is 3.55. The van der Waals surface area contributed by atoms with E-state index in [0.29, 0.717) is 5.69 Å². The first-order valence-electron chi connectivity index (χ1n) is 7.57. The van der Waals surface area contributed by atoms with Crippen molar-refractivity contribution in [1.29, 1.82) is 0 Å². The van der Waals surface area contributed by atoms with Gasteiger partial charge in [-0.05, 0) is 30.5 Å². The van der Waals surface area contributed by atoms with Crippen molar-refractivity contribution in [1.82, 2.24) is 10.2 Å². The van der Waals surface area contributed by atoms with Crippen molar-refractivity contribution in [3.05, 3.63) is 29.8 Å². The molecule has 1 aromatic carbocycles. The second-order valence-electron chi connectivity index (χ2n) is 5.34. The quantitative estimate of drug-likeness (QED) is 0.596. The van der Waals surface area contributed by atoms with Crippen LogP contribution < -0.4 is 10.6 Å². The molecule has 1 saturated heterocycles. The highest BCUT2D eigenvalue weighted by atomic mass is 16.2. The van der Waals surface area contributed by atoms with Gasteiger partial charge in [0.25, 0.3) is 5.91 Å². The third kappa shape index (κ3) is 4.31. The number of nitrogens with zero attached hydrogens (tertiary/aromatic N) is 1. The van der Waals surface area contributed by atoms with Crippen molar-refractivity contribution < 1.29 is 14.4 Å². The van der Waals surface area contributed by atoms with Crippen LogP contribution in [-0.2, 0) is 16.0 Å². The Balaban J connectivity index is 1.83. The smallest absolute Gasteiger partial charge is 0.325 e. The molecule has 2 N–H and O–H groups in total. The van der Waals surface area contributed by atoms with Gasteiger partial charge in [-0.25, -0.2) is 4.79 Å². The Morgan fingerprint density at radius 1 is 1.23 bits per heavy atom. The number of urea groups is 1. The summed E-state index contributed by atoms with van der Waals surface area (Å²) in [6.07, 6.45) is 4.60. The van der Waals surface area contributed by atoms with Crippen molar-refractivity contribution in [3.63, 3.8) is 0 Å². The molecule has 0 atom stereocenters. The van der Waals surface area contributed by atoms with Crippen LogP contribution in [0, 0.1) is 0 Å². The topological polar surface area (TPSA) is 78.5 Å². The average Bonchev–Trinajstić information content (AvgIpc) is 2.81. The Labute approximate surface area is 129 Å². The monoisotopic (exact) mass is 303 g/mol. The number of hydrogen-bond donors (Lipinski definition) is 2. The minimum absolute atomic E-state index is 0.0431. The molecule has 1 aromatic rings. The highest BCUT2D eigenvalue weighted by molar-refractivity contribution is 6.06. The van der Waals surface area contributed by atoms with E-state index >= 15 is 0 Å². The zero-order chi connectivity index (χ0) is 15.9. The minimum atomic E-state index is -0.522. The summed E-state index contributed by atoms with van der Waals surface area (Å²) < 4.78 is 0. The van der Waals surface area contributed by atoms with Gasteiger partial charge >= 0.3 is 6.03 Å². The first kappa shape index (κ1) is 16.0. The molecule has 1 heterocycles. The number of imide groups is 1. The van der Waals surface area contributed by atoms with Gasteiger partial charge in [-0.2, -0.15) is 0 Å². The summed E-state index contributed by atoms with van der Waals surface area (Å²) in [7, 11) is 0. The molecule has 2 rings (SSSR count). The van der Waals surface area contributed by atoms with Crippen molar-refractivity contribution in [2.75, 3.05) is 18.4 Å². The summed E-state index contributed by atoms with van der Waals surface area (Å²) >= 11 is 0. The highest BCUT2D eigenvalue weighted by Gasteiger charge is 2.30. The van der Waals surface area contributed by atoms with Gasteiger partial charge in [0, 0.05) is 5.69 Å². The highest BCUT2D eigenvalue weighted by Crippen LogP contribution is 2.12. The summed E-state index contributed by atoms with van der Waals surface area (Å²) in [6, 6.07) is 7.13. The largest absolute Gasteiger partial charge is 0.329 e. The van der Waals surface area contributed by atoms with Gasteiger partial charge < -0.3 is 10.6 Å². The maximum atomic E-state index is 11.9. The summed E-state index contributed by atoms with van der Waals surface area (Å²) in [4.78, 5) is 35.5. The van der Waals surface area contributed by atoms with E-state index in [4.69, 9.17) is 0 Å². The second kappa shape index (κ2) is 7.59. The number of nitrogens with one attached hydrogen (secondary N) is 2. The predicted molar refractivity (Wildman–Crippen MR) is 83.4 cm³/mol. The molecule has 1 aliphatic rings. The standard InChI is InChI=1S/C16H21N3O3/c1-2-3-4-5-12-6-8-13(9-7-12)18-14(20)11-19-15(21)10-17-16(19)22/h6-9H,2-5,10-11H2,1H3,(H,17,22)(H,18,20). The van der Waals surface area contributed by atoms with Crippen LogP contribution in [-0.4, -0.2) is 35.8 Å². The van der Waals surface area contributed by atoms with Gasteiger partial charge in [-0.1, -0.05) is 31.9 Å². The lowest BCUT2D eigenvalue weighted by Gasteiger charge is -2.12. The van der Waals surface area contributed by atoms with Crippen LogP contribution >= 0.6 is 0 Å². The van der Waals surface area contributed by atoms with Gasteiger partial charge in [0.1, 0.15) is 6.54 Å². The zero-order valence-electron chi connectivity index (χ0n) is 12.7. The molecule has 0 saturated carbocycles. The number of benzene rings is 1. The van der Waals surface area contributed by atoms with Crippen LogP contribution in [0.3, 0.4) is 0 Å². The molecule has 0 spiro atoms. The number of aryl methyl sites for hydroxylation is 1. The Hall–Kier alpha value is -2.37. The van der Waals surface area contributed by atoms with E-state index in [1.165, 1.54) is 18.4 Å². The van der Waals surface area contributed by atoms with Gasteiger partial charge in [0.05, 0.1) is 6.54 Å². The molecule has 0 radical (unpaired) electrons. The number of rotatable bonds is 7. The normalized spacial score (nSPS) is 14.1. The van der Waals surface area contributed by atoms with Crippen LogP contribution in [0.15, 0.2) is 24.3 Å². The second-order valence-corrected chi connectivity index (χ2v) is 5.34. The molecule has 6 heteroatoms. The Morgan fingerprint density at radius 2 is 1.95 bits per heavy atom. The van der Waals surface area contributed by atoms with Gasteiger partial charge in [-0.15, -0.1) is 0 Å². The van der Waals surface area contributed by atoms with Crippen LogP contribution in [0.25, 0.3) is 0 Å². The summed E-state index contributed by atoms with van der Waals surface area (Å²) in [5.74, 6) is -0.768. The zero-order valence-corrected chi connectivity index (χ0v) is 12.7. The fourth-order valence-electron chi connectivity index (χ4n) is 2.29. The lowest BCUT2D eigenvalue weighted by molar-refractivity contribution is -0.128. The van der Waals surface area contributed by atoms with Crippen LogP contribution in [0.4, 0.5) is 10.5 Å². The maximum absolute atomic E-state index is 11.9. The van der Waals surface area contributed by atoms with E-state index in [0.717, 1.165) is 17.7 Å². The van der Waals surface area contributed by atoms with E-state index in [2.05, 4.69) is 17.6 Å². The first-order valence-corrected chi connectivity index (χ1v) is 7.57. The molecule has 0 unspecified atom stereocenters. The number of amides is 4. The van der Waals surface area contributed by atoms with E-state index < -0.39 is 6.03 Å². The molecule has 118 valence electrons. The molecule has 0 bridgehead atoms. The third-order valence-electron chi connectivity index (χ3n) is 3.55. The minimum Gasteiger partial charge on any atom is -0.329 e. The van der Waals surface area contributed by atoms with Gasteiger partial charge in [-0.3, -0.25) is 14.5 Å². The molecule has 1 aliphatic heterocycles.